The van der Waals surface area contributed by atoms with E-state index in [1.165, 1.54) is 33.0 Å². The Labute approximate surface area is 138 Å². The van der Waals surface area contributed by atoms with Gasteiger partial charge in [-0.25, -0.2) is 0 Å². The zero-order valence-electron chi connectivity index (χ0n) is 12.1. The van der Waals surface area contributed by atoms with Gasteiger partial charge in [0.15, 0.2) is 5.96 Å². The molecule has 1 aliphatic heterocycles. The van der Waals surface area contributed by atoms with Gasteiger partial charge in [-0.15, -0.1) is 11.3 Å². The fourth-order valence-corrected chi connectivity index (χ4v) is 5.06. The Morgan fingerprint density at radius 3 is 2.80 bits per heavy atom. The number of thiophene rings is 1. The molecule has 1 aromatic heterocycles. The smallest absolute Gasteiger partial charge is 0.193 e. The Morgan fingerprint density at radius 1 is 1.45 bits per heavy atom. The number of nitrogens with zero attached hydrogens (tertiary/aromatic N) is 2. The van der Waals surface area contributed by atoms with E-state index in [0.29, 0.717) is 0 Å². The Kier molecular flexibility index (Phi) is 6.71. The average Bonchev–Trinajstić information content (AvgIpc) is 2.86. The third-order valence-corrected chi connectivity index (χ3v) is 6.14. The topological polar surface area (TPSA) is 27.6 Å². The fraction of sp³-hybridized carbons (Fsp3) is 0.643. The molecule has 1 fully saturated rings. The second-order valence-corrected chi connectivity index (χ2v) is 8.82. The molecule has 0 unspecified atom stereocenters. The first kappa shape index (κ1) is 16.2. The molecule has 2 rings (SSSR count). The summed E-state index contributed by atoms with van der Waals surface area (Å²) in [6.07, 6.45) is 2.66. The average molecular weight is 376 g/mol. The van der Waals surface area contributed by atoms with Gasteiger partial charge < -0.3 is 10.2 Å². The molecule has 0 bridgehead atoms. The predicted molar refractivity (Wildman–Crippen MR) is 94.9 cm³/mol. The zero-order chi connectivity index (χ0) is 14.4. The zero-order valence-corrected chi connectivity index (χ0v) is 15.3. The van der Waals surface area contributed by atoms with Gasteiger partial charge in [0.2, 0.25) is 0 Å². The molecule has 0 amide bonds. The molecule has 0 spiro atoms. The molecule has 2 heterocycles. The Balaban J connectivity index is 1.81. The second kappa shape index (κ2) is 8.29. The van der Waals surface area contributed by atoms with Crippen LogP contribution in [-0.4, -0.2) is 43.0 Å². The van der Waals surface area contributed by atoms with Crippen LogP contribution >= 0.6 is 39.0 Å². The van der Waals surface area contributed by atoms with Crippen molar-refractivity contribution in [3.8, 4) is 0 Å². The largest absolute Gasteiger partial charge is 0.356 e. The van der Waals surface area contributed by atoms with Crippen LogP contribution in [0.5, 0.6) is 0 Å². The highest BCUT2D eigenvalue weighted by molar-refractivity contribution is 9.11. The summed E-state index contributed by atoms with van der Waals surface area (Å²) in [5.41, 5.74) is 0. The van der Waals surface area contributed by atoms with E-state index in [9.17, 15) is 0 Å². The minimum atomic E-state index is 0.803. The van der Waals surface area contributed by atoms with Gasteiger partial charge in [0.25, 0.3) is 0 Å². The van der Waals surface area contributed by atoms with E-state index in [1.54, 1.807) is 11.3 Å². The lowest BCUT2D eigenvalue weighted by atomic mass is 10.0. The standard InChI is InChI=1S/C14H22BrN3S2/c1-16-14(17-9-11-5-7-19-8-6-11)18(2)10-12-3-4-13(15)20-12/h3-4,11H,5-10H2,1-2H3,(H,16,17). The normalized spacial score (nSPS) is 17.2. The van der Waals surface area contributed by atoms with Crippen molar-refractivity contribution in [2.24, 2.45) is 10.9 Å². The summed E-state index contributed by atoms with van der Waals surface area (Å²) in [5, 5.41) is 3.53. The van der Waals surface area contributed by atoms with Gasteiger partial charge in [0.05, 0.1) is 10.3 Å². The van der Waals surface area contributed by atoms with E-state index >= 15 is 0 Å². The number of thioether (sulfide) groups is 1. The Hall–Kier alpha value is -0.200. The van der Waals surface area contributed by atoms with Gasteiger partial charge in [0, 0.05) is 25.5 Å². The van der Waals surface area contributed by atoms with Crippen molar-refractivity contribution in [3.63, 3.8) is 0 Å². The van der Waals surface area contributed by atoms with Crippen LogP contribution in [0.2, 0.25) is 0 Å². The molecule has 1 saturated heterocycles. The summed E-state index contributed by atoms with van der Waals surface area (Å²) in [7, 11) is 3.96. The lowest BCUT2D eigenvalue weighted by Gasteiger charge is -2.26. The van der Waals surface area contributed by atoms with Crippen LogP contribution < -0.4 is 5.32 Å². The molecule has 1 aliphatic rings. The first-order valence-electron chi connectivity index (χ1n) is 6.92. The van der Waals surface area contributed by atoms with Crippen LogP contribution in [0, 0.1) is 5.92 Å². The van der Waals surface area contributed by atoms with Crippen molar-refractivity contribution >= 4 is 45.0 Å². The summed E-state index contributed by atoms with van der Waals surface area (Å²) in [6.45, 7) is 1.95. The van der Waals surface area contributed by atoms with E-state index in [1.807, 2.05) is 7.05 Å². The van der Waals surface area contributed by atoms with E-state index in [0.717, 1.165) is 25.0 Å². The van der Waals surface area contributed by atoms with Crippen molar-refractivity contribution in [3.05, 3.63) is 20.8 Å². The number of aliphatic imine (C=N–C) groups is 1. The monoisotopic (exact) mass is 375 g/mol. The predicted octanol–water partition coefficient (Wildman–Crippen LogP) is 3.66. The van der Waals surface area contributed by atoms with E-state index < -0.39 is 0 Å². The minimum absolute atomic E-state index is 0.803. The van der Waals surface area contributed by atoms with Gasteiger partial charge in [-0.3, -0.25) is 4.99 Å². The van der Waals surface area contributed by atoms with Crippen LogP contribution in [0.15, 0.2) is 20.9 Å². The molecule has 0 saturated carbocycles. The SMILES string of the molecule is CN=C(NCC1CCSCC1)N(C)Cc1ccc(Br)s1. The lowest BCUT2D eigenvalue weighted by molar-refractivity contribution is 0.442. The molecule has 0 aromatic carbocycles. The van der Waals surface area contributed by atoms with Crippen molar-refractivity contribution < 1.29 is 0 Å². The minimum Gasteiger partial charge on any atom is -0.356 e. The van der Waals surface area contributed by atoms with Crippen molar-refractivity contribution in [2.75, 3.05) is 32.1 Å². The number of rotatable bonds is 4. The maximum absolute atomic E-state index is 4.39. The van der Waals surface area contributed by atoms with Crippen molar-refractivity contribution in [1.82, 2.24) is 10.2 Å². The van der Waals surface area contributed by atoms with Gasteiger partial charge in [-0.05, 0) is 58.3 Å². The molecule has 0 atom stereocenters. The summed E-state index contributed by atoms with van der Waals surface area (Å²) in [5.74, 6) is 4.42. The van der Waals surface area contributed by atoms with Crippen molar-refractivity contribution in [1.29, 1.82) is 0 Å². The second-order valence-electron chi connectivity index (χ2n) is 5.05. The third kappa shape index (κ3) is 4.97. The fourth-order valence-electron chi connectivity index (χ4n) is 2.32. The van der Waals surface area contributed by atoms with E-state index in [4.69, 9.17) is 0 Å². The van der Waals surface area contributed by atoms with Gasteiger partial charge in [0.1, 0.15) is 0 Å². The van der Waals surface area contributed by atoms with Gasteiger partial charge in [-0.1, -0.05) is 0 Å². The number of nitrogens with one attached hydrogen (secondary N) is 1. The number of halogens is 1. The van der Waals surface area contributed by atoms with Crippen LogP contribution in [-0.2, 0) is 6.54 Å². The molecule has 1 N–H and O–H groups in total. The third-order valence-electron chi connectivity index (χ3n) is 3.48. The number of guanidine groups is 1. The van der Waals surface area contributed by atoms with E-state index in [2.05, 4.69) is 62.1 Å². The highest BCUT2D eigenvalue weighted by atomic mass is 79.9. The maximum Gasteiger partial charge on any atom is 0.193 e. The quantitative estimate of drug-likeness (QED) is 0.642. The van der Waals surface area contributed by atoms with Gasteiger partial charge in [-0.2, -0.15) is 11.8 Å². The Bertz CT molecular complexity index is 441. The first-order chi connectivity index (χ1) is 9.69. The molecule has 3 nitrogen and oxygen atoms in total. The highest BCUT2D eigenvalue weighted by Crippen LogP contribution is 2.23. The summed E-state index contributed by atoms with van der Waals surface area (Å²) in [4.78, 5) is 7.93. The molecule has 0 radical (unpaired) electrons. The molecular formula is C14H22BrN3S2. The van der Waals surface area contributed by atoms with Crippen molar-refractivity contribution in [2.45, 2.75) is 19.4 Å². The van der Waals surface area contributed by atoms with E-state index in [-0.39, 0.29) is 0 Å². The molecule has 6 heteroatoms. The first-order valence-corrected chi connectivity index (χ1v) is 9.69. The molecule has 112 valence electrons. The molecule has 1 aromatic rings. The number of hydrogen-bond acceptors (Lipinski definition) is 3. The van der Waals surface area contributed by atoms with Crippen LogP contribution in [0.3, 0.4) is 0 Å². The maximum atomic E-state index is 4.39. The summed E-state index contributed by atoms with van der Waals surface area (Å²) in [6, 6.07) is 4.26. The molecule has 0 aliphatic carbocycles. The molecule has 20 heavy (non-hydrogen) atoms. The molecular weight excluding hydrogens is 354 g/mol. The Morgan fingerprint density at radius 2 is 2.20 bits per heavy atom. The van der Waals surface area contributed by atoms with Gasteiger partial charge >= 0.3 is 0 Å². The summed E-state index contributed by atoms with van der Waals surface area (Å²) >= 11 is 7.37. The van der Waals surface area contributed by atoms with Crippen LogP contribution in [0.4, 0.5) is 0 Å². The van der Waals surface area contributed by atoms with Crippen LogP contribution in [0.25, 0.3) is 0 Å². The van der Waals surface area contributed by atoms with Crippen LogP contribution in [0.1, 0.15) is 17.7 Å². The summed E-state index contributed by atoms with van der Waals surface area (Å²) < 4.78 is 1.18. The lowest BCUT2D eigenvalue weighted by Crippen LogP contribution is -2.41. The highest BCUT2D eigenvalue weighted by Gasteiger charge is 2.15. The number of hydrogen-bond donors (Lipinski definition) is 1.